The molecule has 0 aliphatic rings. The molecule has 0 fully saturated rings. The number of thiophene rings is 1. The highest BCUT2D eigenvalue weighted by Gasteiger charge is 2.31. The lowest BCUT2D eigenvalue weighted by molar-refractivity contribution is -0.274. The Balaban J connectivity index is 1.80. The summed E-state index contributed by atoms with van der Waals surface area (Å²) in [6, 6.07) is 15.2. The van der Waals surface area contributed by atoms with Crippen LogP contribution in [0.25, 0.3) is 10.4 Å². The SMILES string of the molecule is Cc1ccc(S(=O)(=O)N=Cc2ccc(-c3cccc(OC(F)(F)F)c3)s2)cc1. The molecule has 0 atom stereocenters. The zero-order valence-electron chi connectivity index (χ0n) is 14.5. The van der Waals surface area contributed by atoms with Gasteiger partial charge in [0.1, 0.15) is 5.75 Å². The van der Waals surface area contributed by atoms with Gasteiger partial charge in [0.25, 0.3) is 10.0 Å². The van der Waals surface area contributed by atoms with Gasteiger partial charge in [-0.05, 0) is 48.9 Å². The van der Waals surface area contributed by atoms with Gasteiger partial charge < -0.3 is 4.74 Å². The van der Waals surface area contributed by atoms with E-state index in [1.165, 1.54) is 47.9 Å². The van der Waals surface area contributed by atoms with Crippen LogP contribution in [0.4, 0.5) is 13.2 Å². The highest BCUT2D eigenvalue weighted by Crippen LogP contribution is 2.32. The van der Waals surface area contributed by atoms with Gasteiger partial charge in [-0.2, -0.15) is 12.8 Å². The lowest BCUT2D eigenvalue weighted by Gasteiger charge is -2.09. The van der Waals surface area contributed by atoms with Gasteiger partial charge >= 0.3 is 6.36 Å². The number of rotatable bonds is 5. The Kier molecular flexibility index (Phi) is 5.57. The van der Waals surface area contributed by atoms with E-state index < -0.39 is 16.4 Å². The van der Waals surface area contributed by atoms with Crippen molar-refractivity contribution in [3.05, 3.63) is 71.1 Å². The number of alkyl halides is 3. The Bertz CT molecular complexity index is 1100. The first-order valence-electron chi connectivity index (χ1n) is 7.95. The summed E-state index contributed by atoms with van der Waals surface area (Å²) in [5.41, 5.74) is 1.45. The van der Waals surface area contributed by atoms with E-state index in [4.69, 9.17) is 0 Å². The van der Waals surface area contributed by atoms with E-state index in [0.29, 0.717) is 15.3 Å². The van der Waals surface area contributed by atoms with Crippen molar-refractivity contribution in [1.82, 2.24) is 0 Å². The maximum atomic E-state index is 12.4. The molecule has 0 radical (unpaired) electrons. The van der Waals surface area contributed by atoms with Crippen LogP contribution in [0.15, 0.2) is 70.0 Å². The monoisotopic (exact) mass is 425 g/mol. The fourth-order valence-corrected chi connectivity index (χ4v) is 4.11. The number of ether oxygens (including phenoxy) is 1. The summed E-state index contributed by atoms with van der Waals surface area (Å²) >= 11 is 1.20. The van der Waals surface area contributed by atoms with Crippen LogP contribution in [0, 0.1) is 6.92 Å². The van der Waals surface area contributed by atoms with Gasteiger partial charge in [0, 0.05) is 9.75 Å². The van der Waals surface area contributed by atoms with Gasteiger partial charge in [0.05, 0.1) is 11.1 Å². The van der Waals surface area contributed by atoms with E-state index in [1.54, 1.807) is 30.3 Å². The quantitative estimate of drug-likeness (QED) is 0.512. The molecule has 4 nitrogen and oxygen atoms in total. The van der Waals surface area contributed by atoms with Crippen LogP contribution in [0.5, 0.6) is 5.75 Å². The van der Waals surface area contributed by atoms with Crippen molar-refractivity contribution < 1.29 is 26.3 Å². The van der Waals surface area contributed by atoms with Crippen LogP contribution in [0.1, 0.15) is 10.4 Å². The molecule has 146 valence electrons. The van der Waals surface area contributed by atoms with Crippen LogP contribution in [-0.4, -0.2) is 21.0 Å². The highest BCUT2D eigenvalue weighted by molar-refractivity contribution is 7.90. The molecule has 3 aromatic rings. The Morgan fingerprint density at radius 2 is 1.75 bits per heavy atom. The first kappa shape index (κ1) is 20.1. The second-order valence-electron chi connectivity index (χ2n) is 5.80. The molecule has 28 heavy (non-hydrogen) atoms. The Hall–Kier alpha value is -2.65. The van der Waals surface area contributed by atoms with Gasteiger partial charge in [-0.25, -0.2) is 0 Å². The van der Waals surface area contributed by atoms with Gasteiger partial charge in [0.15, 0.2) is 0 Å². The number of nitrogens with zero attached hydrogens (tertiary/aromatic N) is 1. The lowest BCUT2D eigenvalue weighted by Crippen LogP contribution is -2.17. The van der Waals surface area contributed by atoms with Gasteiger partial charge in [0.2, 0.25) is 0 Å². The van der Waals surface area contributed by atoms with Crippen molar-refractivity contribution >= 4 is 27.6 Å². The van der Waals surface area contributed by atoms with Gasteiger partial charge in [-0.3, -0.25) is 0 Å². The zero-order valence-corrected chi connectivity index (χ0v) is 16.1. The maximum Gasteiger partial charge on any atom is 0.573 e. The second kappa shape index (κ2) is 7.76. The molecule has 0 amide bonds. The third-order valence-corrected chi connectivity index (χ3v) is 5.94. The first-order chi connectivity index (χ1) is 13.1. The minimum absolute atomic E-state index is 0.0862. The summed E-state index contributed by atoms with van der Waals surface area (Å²) in [5, 5.41) is 0. The number of halogens is 3. The molecule has 0 aliphatic carbocycles. The van der Waals surface area contributed by atoms with Crippen LogP contribution < -0.4 is 4.74 Å². The average Bonchev–Trinajstić information content (AvgIpc) is 3.08. The third kappa shape index (κ3) is 5.20. The van der Waals surface area contributed by atoms with Crippen molar-refractivity contribution in [3.63, 3.8) is 0 Å². The van der Waals surface area contributed by atoms with E-state index in [0.717, 1.165) is 5.56 Å². The molecule has 0 bridgehead atoms. The number of aryl methyl sites for hydroxylation is 1. The predicted octanol–water partition coefficient (Wildman–Crippen LogP) is 5.43. The Morgan fingerprint density at radius 1 is 1.04 bits per heavy atom. The van der Waals surface area contributed by atoms with E-state index in [1.807, 2.05) is 6.92 Å². The topological polar surface area (TPSA) is 55.7 Å². The number of hydrogen-bond donors (Lipinski definition) is 0. The highest BCUT2D eigenvalue weighted by atomic mass is 32.2. The maximum absolute atomic E-state index is 12.4. The van der Waals surface area contributed by atoms with Crippen molar-refractivity contribution in [2.45, 2.75) is 18.2 Å². The molecule has 0 aliphatic heterocycles. The van der Waals surface area contributed by atoms with Crippen molar-refractivity contribution in [2.75, 3.05) is 0 Å². The van der Waals surface area contributed by atoms with Crippen LogP contribution in [0.2, 0.25) is 0 Å². The average molecular weight is 425 g/mol. The molecule has 3 rings (SSSR count). The van der Waals surface area contributed by atoms with Crippen molar-refractivity contribution in [1.29, 1.82) is 0 Å². The molecule has 2 aromatic carbocycles. The standard InChI is InChI=1S/C19H14F3NO3S2/c1-13-5-8-17(9-6-13)28(24,25)23-12-16-7-10-18(27-16)14-3-2-4-15(11-14)26-19(20,21)22/h2-12H,1H3. The van der Waals surface area contributed by atoms with Crippen LogP contribution in [-0.2, 0) is 10.0 Å². The Morgan fingerprint density at radius 3 is 2.43 bits per heavy atom. The molecule has 0 N–H and O–H groups in total. The summed E-state index contributed by atoms with van der Waals surface area (Å²) in [6.45, 7) is 1.85. The molecule has 0 unspecified atom stereocenters. The minimum atomic E-state index is -4.77. The number of benzene rings is 2. The molecule has 0 spiro atoms. The summed E-state index contributed by atoms with van der Waals surface area (Å²) in [4.78, 5) is 1.29. The molecule has 0 saturated heterocycles. The molecule has 1 heterocycles. The summed E-state index contributed by atoms with van der Waals surface area (Å²) in [7, 11) is -3.83. The summed E-state index contributed by atoms with van der Waals surface area (Å²) in [6.07, 6.45) is -3.55. The number of hydrogen-bond acceptors (Lipinski definition) is 4. The molecule has 0 saturated carbocycles. The fourth-order valence-electron chi connectivity index (χ4n) is 2.32. The van der Waals surface area contributed by atoms with Crippen LogP contribution >= 0.6 is 11.3 Å². The van der Waals surface area contributed by atoms with E-state index in [-0.39, 0.29) is 10.6 Å². The smallest absolute Gasteiger partial charge is 0.406 e. The van der Waals surface area contributed by atoms with E-state index >= 15 is 0 Å². The normalized spacial score (nSPS) is 12.4. The fraction of sp³-hybridized carbons (Fsp3) is 0.105. The van der Waals surface area contributed by atoms with Crippen LogP contribution in [0.3, 0.4) is 0 Å². The lowest BCUT2D eigenvalue weighted by atomic mass is 10.2. The van der Waals surface area contributed by atoms with Gasteiger partial charge in [-0.1, -0.05) is 29.8 Å². The van der Waals surface area contributed by atoms with Crippen molar-refractivity contribution in [3.8, 4) is 16.2 Å². The van der Waals surface area contributed by atoms with Gasteiger partial charge in [-0.15, -0.1) is 24.5 Å². The molecular formula is C19H14F3NO3S2. The predicted molar refractivity (Wildman–Crippen MR) is 102 cm³/mol. The largest absolute Gasteiger partial charge is 0.573 e. The third-order valence-electron chi connectivity index (χ3n) is 3.62. The zero-order chi connectivity index (χ0) is 20.4. The Labute approximate surface area is 164 Å². The summed E-state index contributed by atoms with van der Waals surface area (Å²) in [5.74, 6) is -0.324. The van der Waals surface area contributed by atoms with E-state index in [9.17, 15) is 21.6 Å². The van der Waals surface area contributed by atoms with Crippen molar-refractivity contribution in [2.24, 2.45) is 4.40 Å². The molecule has 1 aromatic heterocycles. The molecule has 9 heteroatoms. The molecular weight excluding hydrogens is 411 g/mol. The van der Waals surface area contributed by atoms with E-state index in [2.05, 4.69) is 9.13 Å². The number of sulfonamides is 1. The summed E-state index contributed by atoms with van der Waals surface area (Å²) < 4.78 is 69.2. The minimum Gasteiger partial charge on any atom is -0.406 e. The first-order valence-corrected chi connectivity index (χ1v) is 10.2. The second-order valence-corrected chi connectivity index (χ2v) is 8.55.